The maximum Gasteiger partial charge on any atom is 0.303 e. The van der Waals surface area contributed by atoms with Crippen molar-refractivity contribution in [2.24, 2.45) is 0 Å². The zero-order valence-corrected chi connectivity index (χ0v) is 9.14. The van der Waals surface area contributed by atoms with Crippen molar-refractivity contribution >= 4 is 24.0 Å². The minimum absolute atomic E-state index is 0.0463. The molecule has 0 bridgehead atoms. The smallest absolute Gasteiger partial charge is 0.303 e. The lowest BCUT2D eigenvalue weighted by Crippen LogP contribution is -1.98. The lowest BCUT2D eigenvalue weighted by atomic mass is 10.2. The molecule has 0 aliphatic carbocycles. The minimum Gasteiger partial charge on any atom is -0.481 e. The molecule has 0 spiro atoms. The molecule has 6 heteroatoms. The Morgan fingerprint density at radius 3 is 1.75 bits per heavy atom. The van der Waals surface area contributed by atoms with Crippen LogP contribution in [0.5, 0.6) is 0 Å². The molecule has 0 aromatic carbocycles. The third-order valence-electron chi connectivity index (χ3n) is 1.40. The molecule has 92 valence electrons. The molecule has 0 aliphatic heterocycles. The predicted molar refractivity (Wildman–Crippen MR) is 55.1 cm³/mol. The molecular weight excluding hydrogens is 216 g/mol. The number of unbranched alkanes of at least 4 members (excludes halogenated alkanes) is 1. The van der Waals surface area contributed by atoms with Gasteiger partial charge in [-0.1, -0.05) is 0 Å². The molecular formula is C10H16O6. The van der Waals surface area contributed by atoms with E-state index in [2.05, 4.69) is 0 Å². The van der Waals surface area contributed by atoms with Gasteiger partial charge in [0.2, 0.25) is 0 Å². The molecule has 6 nitrogen and oxygen atoms in total. The van der Waals surface area contributed by atoms with Gasteiger partial charge in [0, 0.05) is 19.3 Å². The van der Waals surface area contributed by atoms with E-state index < -0.39 is 11.9 Å². The minimum atomic E-state index is -0.916. The zero-order valence-electron chi connectivity index (χ0n) is 9.14. The SMILES string of the molecule is CC(=O)CCC(=O)O.O=CCCCC(=O)O. The number of ketones is 1. The first-order chi connectivity index (χ1) is 7.40. The van der Waals surface area contributed by atoms with E-state index >= 15 is 0 Å². The number of aliphatic carboxylic acids is 2. The highest BCUT2D eigenvalue weighted by Gasteiger charge is 1.97. The first-order valence-electron chi connectivity index (χ1n) is 4.76. The normalized spacial score (nSPS) is 8.56. The molecule has 0 unspecified atom stereocenters. The van der Waals surface area contributed by atoms with Crippen molar-refractivity contribution in [1.29, 1.82) is 0 Å². The number of carboxylic acid groups (broad SMARTS) is 2. The molecule has 0 atom stereocenters. The number of carbonyl (C=O) groups is 4. The summed E-state index contributed by atoms with van der Waals surface area (Å²) in [6.07, 6.45) is 1.73. The Labute approximate surface area is 93.3 Å². The van der Waals surface area contributed by atoms with E-state index in [1.54, 1.807) is 0 Å². The summed E-state index contributed by atoms with van der Waals surface area (Å²) in [6.45, 7) is 1.38. The van der Waals surface area contributed by atoms with E-state index in [-0.39, 0.29) is 25.0 Å². The van der Waals surface area contributed by atoms with Crippen molar-refractivity contribution in [1.82, 2.24) is 0 Å². The molecule has 0 rings (SSSR count). The van der Waals surface area contributed by atoms with Crippen LogP contribution in [0.1, 0.15) is 39.0 Å². The van der Waals surface area contributed by atoms with Crippen LogP contribution in [0.2, 0.25) is 0 Å². The van der Waals surface area contributed by atoms with Gasteiger partial charge in [-0.15, -0.1) is 0 Å². The van der Waals surface area contributed by atoms with Crippen molar-refractivity contribution in [2.45, 2.75) is 39.0 Å². The second kappa shape index (κ2) is 11.4. The molecule has 0 radical (unpaired) electrons. The summed E-state index contributed by atoms with van der Waals surface area (Å²) >= 11 is 0. The first-order valence-corrected chi connectivity index (χ1v) is 4.76. The van der Waals surface area contributed by atoms with Gasteiger partial charge < -0.3 is 19.8 Å². The van der Waals surface area contributed by atoms with E-state index in [0.29, 0.717) is 12.8 Å². The van der Waals surface area contributed by atoms with Gasteiger partial charge in [0.25, 0.3) is 0 Å². The maximum absolute atomic E-state index is 10.1. The van der Waals surface area contributed by atoms with Gasteiger partial charge in [-0.25, -0.2) is 0 Å². The fourth-order valence-corrected chi connectivity index (χ4v) is 0.620. The number of aldehydes is 1. The summed E-state index contributed by atoms with van der Waals surface area (Å²) in [5, 5.41) is 16.0. The molecule has 0 saturated carbocycles. The summed E-state index contributed by atoms with van der Waals surface area (Å²) < 4.78 is 0. The third kappa shape index (κ3) is 22.8. The highest BCUT2D eigenvalue weighted by molar-refractivity contribution is 5.80. The molecule has 0 aliphatic rings. The number of carboxylic acids is 2. The van der Waals surface area contributed by atoms with Crippen molar-refractivity contribution in [2.75, 3.05) is 0 Å². The summed E-state index contributed by atoms with van der Waals surface area (Å²) in [7, 11) is 0. The number of hydrogen-bond donors (Lipinski definition) is 2. The molecule has 2 N–H and O–H groups in total. The second-order valence-electron chi connectivity index (χ2n) is 3.05. The van der Waals surface area contributed by atoms with Crippen LogP contribution in [0.4, 0.5) is 0 Å². The molecule has 0 fully saturated rings. The van der Waals surface area contributed by atoms with Crippen LogP contribution in [0, 0.1) is 0 Å². The Balaban J connectivity index is 0. The van der Waals surface area contributed by atoms with Gasteiger partial charge in [0.05, 0.1) is 6.42 Å². The fourth-order valence-electron chi connectivity index (χ4n) is 0.620. The topological polar surface area (TPSA) is 109 Å². The highest BCUT2D eigenvalue weighted by atomic mass is 16.4. The average Bonchev–Trinajstić information content (AvgIpc) is 2.16. The Morgan fingerprint density at radius 1 is 1.00 bits per heavy atom. The molecule has 16 heavy (non-hydrogen) atoms. The summed E-state index contributed by atoms with van der Waals surface area (Å²) in [4.78, 5) is 39.2. The largest absolute Gasteiger partial charge is 0.481 e. The standard InChI is InChI=1S/2C5H8O3/c1-4(6)2-3-5(7)8;6-4-2-1-3-5(7)8/h2-3H2,1H3,(H,7,8);4H,1-3H2,(H,7,8). The van der Waals surface area contributed by atoms with Crippen molar-refractivity contribution < 1.29 is 29.4 Å². The number of rotatable bonds is 7. The van der Waals surface area contributed by atoms with E-state index in [1.165, 1.54) is 6.92 Å². The Bertz CT molecular complexity index is 232. The predicted octanol–water partition coefficient (Wildman–Crippen LogP) is 0.880. The third-order valence-corrected chi connectivity index (χ3v) is 1.40. The van der Waals surface area contributed by atoms with Crippen LogP contribution in [-0.2, 0) is 19.2 Å². The number of Topliss-reactive ketones (excluding diaryl/α,β-unsaturated/α-hetero) is 1. The summed E-state index contributed by atoms with van der Waals surface area (Å²) in [6, 6.07) is 0. The number of hydrogen-bond acceptors (Lipinski definition) is 4. The molecule has 0 heterocycles. The van der Waals surface area contributed by atoms with Crippen molar-refractivity contribution in [3.05, 3.63) is 0 Å². The van der Waals surface area contributed by atoms with Gasteiger partial charge >= 0.3 is 11.9 Å². The van der Waals surface area contributed by atoms with Gasteiger partial charge in [-0.05, 0) is 13.3 Å². The maximum atomic E-state index is 10.1. The Kier molecular flexibility index (Phi) is 11.9. The van der Waals surface area contributed by atoms with E-state index in [1.807, 2.05) is 0 Å². The second-order valence-corrected chi connectivity index (χ2v) is 3.05. The zero-order chi connectivity index (χ0) is 13.0. The Morgan fingerprint density at radius 2 is 1.50 bits per heavy atom. The first kappa shape index (κ1) is 16.7. The number of carbonyl (C=O) groups excluding carboxylic acids is 2. The lowest BCUT2D eigenvalue weighted by Gasteiger charge is -1.86. The van der Waals surface area contributed by atoms with Gasteiger partial charge in [0.1, 0.15) is 12.1 Å². The summed E-state index contributed by atoms with van der Waals surface area (Å²) in [5.41, 5.74) is 0. The molecule has 0 aromatic rings. The fraction of sp³-hybridized carbons (Fsp3) is 0.600. The van der Waals surface area contributed by atoms with Crippen LogP contribution < -0.4 is 0 Å². The quantitative estimate of drug-likeness (QED) is 0.498. The van der Waals surface area contributed by atoms with Crippen molar-refractivity contribution in [3.63, 3.8) is 0 Å². The monoisotopic (exact) mass is 232 g/mol. The van der Waals surface area contributed by atoms with Crippen LogP contribution in [-0.4, -0.2) is 34.2 Å². The van der Waals surface area contributed by atoms with Crippen LogP contribution >= 0.6 is 0 Å². The van der Waals surface area contributed by atoms with Gasteiger partial charge in [-0.3, -0.25) is 9.59 Å². The van der Waals surface area contributed by atoms with E-state index in [4.69, 9.17) is 10.2 Å². The van der Waals surface area contributed by atoms with E-state index in [9.17, 15) is 19.2 Å². The van der Waals surface area contributed by atoms with Crippen LogP contribution in [0.3, 0.4) is 0 Å². The van der Waals surface area contributed by atoms with Crippen molar-refractivity contribution in [3.8, 4) is 0 Å². The molecule has 0 amide bonds. The Hall–Kier alpha value is -1.72. The summed E-state index contributed by atoms with van der Waals surface area (Å²) in [5.74, 6) is -1.83. The van der Waals surface area contributed by atoms with Gasteiger partial charge in [-0.2, -0.15) is 0 Å². The lowest BCUT2D eigenvalue weighted by molar-refractivity contribution is -0.138. The highest BCUT2D eigenvalue weighted by Crippen LogP contribution is 1.90. The van der Waals surface area contributed by atoms with Gasteiger partial charge in [0.15, 0.2) is 0 Å². The average molecular weight is 232 g/mol. The van der Waals surface area contributed by atoms with E-state index in [0.717, 1.165) is 6.29 Å². The van der Waals surface area contributed by atoms with Crippen LogP contribution in [0.25, 0.3) is 0 Å². The molecule has 0 aromatic heterocycles. The van der Waals surface area contributed by atoms with Crippen LogP contribution in [0.15, 0.2) is 0 Å². The molecule has 0 saturated heterocycles.